The summed E-state index contributed by atoms with van der Waals surface area (Å²) in [7, 11) is 1.13. The molecule has 3 aliphatic carbocycles. The minimum atomic E-state index is -1.00. The van der Waals surface area contributed by atoms with Gasteiger partial charge in [-0.3, -0.25) is 62.6 Å². The van der Waals surface area contributed by atoms with E-state index in [0.717, 1.165) is 81.9 Å². The molecule has 606 valence electrons. The van der Waals surface area contributed by atoms with Gasteiger partial charge in [-0.05, 0) is 120 Å². The van der Waals surface area contributed by atoms with Crippen LogP contribution in [0.3, 0.4) is 0 Å². The molecule has 28 heteroatoms. The van der Waals surface area contributed by atoms with E-state index < -0.39 is 99.0 Å². The quantitative estimate of drug-likeness (QED) is 0.0381. The molecule has 0 N–H and O–H groups in total. The normalized spacial score (nSPS) is 18.6. The highest BCUT2D eigenvalue weighted by atomic mass is 32.2. The van der Waals surface area contributed by atoms with Crippen molar-refractivity contribution in [1.82, 2.24) is 14.0 Å². The fourth-order valence-electron chi connectivity index (χ4n) is 17.0. The van der Waals surface area contributed by atoms with Crippen LogP contribution in [0, 0.1) is 51.1 Å². The van der Waals surface area contributed by atoms with E-state index in [0.29, 0.717) is 86.8 Å². The first-order valence-electron chi connectivity index (χ1n) is 39.1. The number of ketones is 3. The zero-order valence-corrected chi connectivity index (χ0v) is 66.5. The van der Waals surface area contributed by atoms with Crippen LogP contribution in [0.15, 0.2) is 205 Å². The Morgan fingerprint density at radius 2 is 0.788 bits per heavy atom. The van der Waals surface area contributed by atoms with E-state index in [1.54, 1.807) is 38.4 Å². The van der Waals surface area contributed by atoms with Gasteiger partial charge in [-0.2, -0.15) is 0 Å². The number of hydrogen-bond donors (Lipinski definition) is 0. The fourth-order valence-corrected chi connectivity index (χ4v) is 20.3. The molecule has 2 unspecified atom stereocenters. The summed E-state index contributed by atoms with van der Waals surface area (Å²) in [4.78, 5) is 108. The molecule has 3 atom stereocenters. The molecule has 0 saturated heterocycles. The number of carbonyl (C=O) groups is 5. The van der Waals surface area contributed by atoms with Gasteiger partial charge in [0.2, 0.25) is 28.8 Å². The largest absolute Gasteiger partial charge is 0.510 e. The van der Waals surface area contributed by atoms with Gasteiger partial charge in [-0.15, -0.1) is 35.3 Å². The Balaban J connectivity index is 0.000000127. The van der Waals surface area contributed by atoms with E-state index in [1.165, 1.54) is 71.9 Å². The maximum atomic E-state index is 15.2. The van der Waals surface area contributed by atoms with Crippen LogP contribution >= 0.6 is 35.3 Å². The third-order valence-electron chi connectivity index (χ3n) is 23.7. The molecule has 9 heterocycles. The summed E-state index contributed by atoms with van der Waals surface area (Å²) >= 11 is 4.32. The first-order chi connectivity index (χ1) is 57.2. The Morgan fingerprint density at radius 1 is 0.424 bits per heavy atom. The van der Waals surface area contributed by atoms with Crippen LogP contribution in [0.5, 0.6) is 17.2 Å². The summed E-state index contributed by atoms with van der Waals surface area (Å²) in [5, 5.41) is 5.89. The second-order valence-corrected chi connectivity index (χ2v) is 34.0. The second kappa shape index (κ2) is 32.2. The highest BCUT2D eigenvalue weighted by Crippen LogP contribution is 2.58. The minimum absolute atomic E-state index is 0.0177. The number of rotatable bonds is 16. The van der Waals surface area contributed by atoms with Gasteiger partial charge in [-0.1, -0.05) is 136 Å². The van der Waals surface area contributed by atoms with Crippen molar-refractivity contribution in [1.29, 1.82) is 0 Å². The van der Waals surface area contributed by atoms with Crippen molar-refractivity contribution >= 4 is 64.8 Å². The van der Waals surface area contributed by atoms with Gasteiger partial charge in [0.15, 0.2) is 80.8 Å². The van der Waals surface area contributed by atoms with Crippen LogP contribution in [0.1, 0.15) is 189 Å². The zero-order chi connectivity index (χ0) is 82.1. The van der Waals surface area contributed by atoms with E-state index in [-0.39, 0.29) is 98.5 Å². The Hall–Kier alpha value is -11.2. The van der Waals surface area contributed by atoms with Gasteiger partial charge in [0.25, 0.3) is 0 Å². The molecule has 0 amide bonds. The average molecular weight is 1660 g/mol. The molecule has 10 aromatic rings. The standard InChI is InChI=1S/C32H32F2N2O4S.C31H24F2N2O3S.C27H22F2N2O6S/c1-2-3-4-5-6-11-26(38)40-30-24(37)14-17-35-29(30)31(39)32(15-16-32)19-36(35)28-20-12-13-23(33)27(34)22(20)18-41-25-10-8-7-9-21(25)28;32-23-11-10-20-22(26(23)33)17-39-25-9-5-4-8-21(25)27(20)35-18-31(13-14-31)30(37)28-29(24(36)12-15-34(28)35)38-16-19-6-2-1-3-7-19;1-35-26(34)37-14-36-24-19(32)8-11-30-23(24)25(33)27(9-10-27)13-31(30)22-15-6-7-18(28)21(29)17(15)12-38-20-5-3-2-4-16(20)22/h7-10,12-14,17,28H,2-6,11,15-16,18-19H2,1H3;1-12,15,27H,13-14,16-18H2;2-8,11,22H,9-10,12-14H2,1H3/t;;22-/m..0/s1. The number of halogens is 6. The van der Waals surface area contributed by atoms with Gasteiger partial charge in [0.05, 0.1) is 41.5 Å². The number of nitrogens with zero attached hydrogens (tertiary/aromatic N) is 6. The number of fused-ring (bicyclic) bond motifs is 9. The van der Waals surface area contributed by atoms with E-state index in [1.807, 2.05) is 118 Å². The third kappa shape index (κ3) is 14.5. The summed E-state index contributed by atoms with van der Waals surface area (Å²) < 4.78 is 120. The highest BCUT2D eigenvalue weighted by Gasteiger charge is 2.60. The van der Waals surface area contributed by atoms with E-state index in [9.17, 15) is 51.5 Å². The predicted octanol–water partition coefficient (Wildman–Crippen LogP) is 17.3. The number of ether oxygens (including phenoxy) is 5. The molecule has 3 aromatic heterocycles. The molecule has 3 fully saturated rings. The summed E-state index contributed by atoms with van der Waals surface area (Å²) in [6.07, 6.45) is 12.4. The molecule has 9 aliphatic rings. The number of carbonyl (C=O) groups excluding carboxylic acids is 5. The maximum absolute atomic E-state index is 15.2. The SMILES string of the molecule is CCCCCCCC(=O)Oc1c2n(ccc1=O)N(C1c3ccccc3SCc3c1ccc(F)c3F)CC1(CC1)C2=O.COC(=O)OCOc1c2n(ccc1=O)N([C@@H]1c3ccccc3SCc3c1ccc(F)c3F)CC1(CC1)C2=O.O=C1c2c(OCc3ccccc3)c(=O)ccn2N(C2c3ccccc3SCc3c2ccc(F)c3F)CC12CC2. The van der Waals surface area contributed by atoms with Crippen LogP contribution in [0.2, 0.25) is 0 Å². The average Bonchev–Trinajstić information content (AvgIpc) is 1.52. The van der Waals surface area contributed by atoms with Crippen LogP contribution in [-0.2, 0) is 38.1 Å². The van der Waals surface area contributed by atoms with Gasteiger partial charge in [0, 0.05) is 111 Å². The number of benzene rings is 7. The van der Waals surface area contributed by atoms with Crippen molar-refractivity contribution in [2.45, 2.75) is 141 Å². The van der Waals surface area contributed by atoms with Crippen molar-refractivity contribution in [3.8, 4) is 17.2 Å². The summed E-state index contributed by atoms with van der Waals surface area (Å²) in [6, 6.07) is 43.2. The van der Waals surface area contributed by atoms with Gasteiger partial charge in [0.1, 0.15) is 6.61 Å². The number of pyridine rings is 3. The molecule has 3 spiro atoms. The summed E-state index contributed by atoms with van der Waals surface area (Å²) in [6.45, 7) is 2.66. The van der Waals surface area contributed by atoms with E-state index in [4.69, 9.17) is 18.9 Å². The third-order valence-corrected chi connectivity index (χ3v) is 27.0. The predicted molar refractivity (Wildman–Crippen MR) is 431 cm³/mol. The number of esters is 1. The molecular weight excluding hydrogens is 1580 g/mol. The monoisotopic (exact) mass is 1660 g/mol. The smallest absolute Gasteiger partial charge is 0.483 e. The van der Waals surface area contributed by atoms with Crippen LogP contribution in [-0.4, -0.2) is 77.0 Å². The number of Topliss-reactive ketones (excluding diaryl/α,β-unsaturated/α-hetero) is 3. The molecule has 6 aliphatic heterocycles. The molecule has 3 saturated carbocycles. The molecule has 118 heavy (non-hydrogen) atoms. The zero-order valence-electron chi connectivity index (χ0n) is 64.1. The lowest BCUT2D eigenvalue weighted by Crippen LogP contribution is -2.52. The van der Waals surface area contributed by atoms with Crippen molar-refractivity contribution in [3.05, 3.63) is 315 Å². The number of aromatic nitrogens is 3. The van der Waals surface area contributed by atoms with Gasteiger partial charge in [-0.25, -0.2) is 31.1 Å². The lowest BCUT2D eigenvalue weighted by molar-refractivity contribution is -0.134. The lowest BCUT2D eigenvalue weighted by atomic mass is 9.89. The highest BCUT2D eigenvalue weighted by molar-refractivity contribution is 7.99. The van der Waals surface area contributed by atoms with E-state index >= 15 is 13.2 Å². The van der Waals surface area contributed by atoms with Gasteiger partial charge >= 0.3 is 12.1 Å². The van der Waals surface area contributed by atoms with Crippen LogP contribution in [0.4, 0.5) is 31.1 Å². The number of methoxy groups -OCH3 is 1. The number of hydrogen-bond acceptors (Lipinski definition) is 19. The second-order valence-electron chi connectivity index (χ2n) is 31.0. The molecule has 7 aromatic carbocycles. The molecule has 19 nitrogen and oxygen atoms in total. The summed E-state index contributed by atoms with van der Waals surface area (Å²) in [5.41, 5.74) is 2.92. The topological polar surface area (TPSA) is 207 Å². The Bertz CT molecular complexity index is 5930. The maximum Gasteiger partial charge on any atom is 0.510 e. The van der Waals surface area contributed by atoms with Crippen LogP contribution in [0.25, 0.3) is 0 Å². The number of unbranched alkanes of at least 4 members (excludes halogenated alkanes) is 4. The molecular formula is C90H78F6N6O13S3. The minimum Gasteiger partial charge on any atom is -0.483 e. The van der Waals surface area contributed by atoms with Crippen molar-refractivity contribution in [2.75, 3.05) is 48.6 Å². The fraction of sp³-hybridized carbons (Fsp3) is 0.311. The van der Waals surface area contributed by atoms with Crippen molar-refractivity contribution < 1.29 is 74.0 Å². The Labute approximate surface area is 686 Å². The first kappa shape index (κ1) is 79.2. The van der Waals surface area contributed by atoms with Crippen molar-refractivity contribution in [3.63, 3.8) is 0 Å². The van der Waals surface area contributed by atoms with E-state index in [2.05, 4.69) is 11.7 Å². The Morgan fingerprint density at radius 3 is 1.18 bits per heavy atom. The molecule has 0 bridgehead atoms. The Kier molecular flexibility index (Phi) is 21.7. The van der Waals surface area contributed by atoms with Crippen molar-refractivity contribution in [2.24, 2.45) is 16.2 Å². The van der Waals surface area contributed by atoms with Crippen LogP contribution < -0.4 is 45.5 Å². The lowest BCUT2D eigenvalue weighted by Gasteiger charge is -2.43. The first-order valence-corrected chi connectivity index (χ1v) is 42.1. The molecule has 19 rings (SSSR count). The van der Waals surface area contributed by atoms with Gasteiger partial charge < -0.3 is 23.7 Å². The number of thioether (sulfide) groups is 3. The molecule has 0 radical (unpaired) electrons. The summed E-state index contributed by atoms with van der Waals surface area (Å²) in [5.74, 6) is -6.18.